The summed E-state index contributed by atoms with van der Waals surface area (Å²) in [5.41, 5.74) is 11.2. The molecule has 0 bridgehead atoms. The van der Waals surface area contributed by atoms with Gasteiger partial charge in [0, 0.05) is 55.0 Å². The minimum Gasteiger partial charge on any atom is -0.455 e. The molecule has 0 saturated carbocycles. The van der Waals surface area contributed by atoms with E-state index in [2.05, 4.69) is 130 Å². The summed E-state index contributed by atoms with van der Waals surface area (Å²) in [5.74, 6) is 1.89. The standard InChI is InChI=1S/C51H31N5O/c1-4-14-32(15-5-1)49-52-50(33-16-6-2-7-17-33)54-51(53-49)34-24-26-36(27-25-34)56-43-31-30-40-38-21-11-13-23-44(38)57-48(40)45(43)41-29-28-39-37-20-10-12-22-42(37)55(46(39)47(41)56)35-18-8-3-9-19-35/h1-31H. The Labute approximate surface area is 326 Å². The molecule has 0 N–H and O–H groups in total. The molecular formula is C51H31N5O. The second-order valence-electron chi connectivity index (χ2n) is 14.4. The molecule has 57 heavy (non-hydrogen) atoms. The fourth-order valence-corrected chi connectivity index (χ4v) is 8.62. The van der Waals surface area contributed by atoms with E-state index in [1.54, 1.807) is 0 Å². The minimum atomic E-state index is 0.618. The fraction of sp³-hybridized carbons (Fsp3) is 0. The lowest BCUT2D eigenvalue weighted by atomic mass is 10.1. The average molecular weight is 730 g/mol. The van der Waals surface area contributed by atoms with Gasteiger partial charge < -0.3 is 13.6 Å². The van der Waals surface area contributed by atoms with E-state index in [4.69, 9.17) is 19.4 Å². The van der Waals surface area contributed by atoms with Gasteiger partial charge in [0.25, 0.3) is 0 Å². The van der Waals surface area contributed by atoms with Gasteiger partial charge in [-0.3, -0.25) is 0 Å². The number of furan rings is 1. The van der Waals surface area contributed by atoms with Gasteiger partial charge in [-0.05, 0) is 60.7 Å². The SMILES string of the molecule is c1ccc(-c2nc(-c3ccccc3)nc(-c3ccc(-n4c5ccc6c7ccccc7oc6c5c5ccc6c7ccccc7n(-c7ccccc7)c6c54)cc3)n2)cc1. The quantitative estimate of drug-likeness (QED) is 0.177. The molecule has 0 saturated heterocycles. The maximum atomic E-state index is 6.74. The lowest BCUT2D eigenvalue weighted by Crippen LogP contribution is -2.01. The predicted molar refractivity (Wildman–Crippen MR) is 232 cm³/mol. The Hall–Kier alpha value is -7.83. The highest BCUT2D eigenvalue weighted by molar-refractivity contribution is 6.29. The number of aromatic nitrogens is 5. The van der Waals surface area contributed by atoms with Crippen molar-refractivity contribution in [2.24, 2.45) is 0 Å². The van der Waals surface area contributed by atoms with Gasteiger partial charge in [-0.2, -0.15) is 0 Å². The summed E-state index contributed by atoms with van der Waals surface area (Å²) in [6.45, 7) is 0. The fourth-order valence-electron chi connectivity index (χ4n) is 8.62. The van der Waals surface area contributed by atoms with Crippen molar-refractivity contribution in [1.29, 1.82) is 0 Å². The Morgan fingerprint density at radius 2 is 0.825 bits per heavy atom. The van der Waals surface area contributed by atoms with E-state index in [9.17, 15) is 0 Å². The molecule has 12 rings (SSSR count). The van der Waals surface area contributed by atoms with Crippen LogP contribution in [0.1, 0.15) is 0 Å². The minimum absolute atomic E-state index is 0.618. The molecule has 0 aliphatic carbocycles. The van der Waals surface area contributed by atoms with Crippen molar-refractivity contribution in [2.75, 3.05) is 0 Å². The third-order valence-corrected chi connectivity index (χ3v) is 11.2. The normalized spacial score (nSPS) is 11.9. The van der Waals surface area contributed by atoms with Gasteiger partial charge >= 0.3 is 0 Å². The van der Waals surface area contributed by atoms with E-state index >= 15 is 0 Å². The van der Waals surface area contributed by atoms with E-state index in [1.165, 1.54) is 10.8 Å². The lowest BCUT2D eigenvalue weighted by molar-refractivity contribution is 0.673. The van der Waals surface area contributed by atoms with Crippen LogP contribution in [-0.2, 0) is 0 Å². The third-order valence-electron chi connectivity index (χ3n) is 11.2. The van der Waals surface area contributed by atoms with Gasteiger partial charge in [-0.1, -0.05) is 127 Å². The van der Waals surface area contributed by atoms with E-state index in [0.29, 0.717) is 17.5 Å². The molecule has 0 spiro atoms. The Morgan fingerprint density at radius 3 is 1.51 bits per heavy atom. The first-order valence-corrected chi connectivity index (χ1v) is 19.1. The predicted octanol–water partition coefficient (Wildman–Crippen LogP) is 13.0. The molecule has 0 aliphatic rings. The summed E-state index contributed by atoms with van der Waals surface area (Å²) < 4.78 is 11.6. The van der Waals surface area contributed by atoms with Crippen LogP contribution < -0.4 is 0 Å². The van der Waals surface area contributed by atoms with Crippen LogP contribution in [-0.4, -0.2) is 24.1 Å². The molecule has 12 aromatic rings. The zero-order valence-corrected chi connectivity index (χ0v) is 30.5. The molecule has 4 aromatic heterocycles. The number of hydrogen-bond donors (Lipinski definition) is 0. The summed E-state index contributed by atoms with van der Waals surface area (Å²) in [4.78, 5) is 14.9. The number of benzene rings is 8. The topological polar surface area (TPSA) is 61.7 Å². The van der Waals surface area contributed by atoms with Crippen molar-refractivity contribution in [3.63, 3.8) is 0 Å². The van der Waals surface area contributed by atoms with Gasteiger partial charge in [-0.15, -0.1) is 0 Å². The molecule has 0 aliphatic heterocycles. The molecule has 6 heteroatoms. The summed E-state index contributed by atoms with van der Waals surface area (Å²) in [7, 11) is 0. The summed E-state index contributed by atoms with van der Waals surface area (Å²) >= 11 is 0. The van der Waals surface area contributed by atoms with E-state index < -0.39 is 0 Å². The largest absolute Gasteiger partial charge is 0.455 e. The highest BCUT2D eigenvalue weighted by Gasteiger charge is 2.24. The van der Waals surface area contributed by atoms with Crippen molar-refractivity contribution in [3.05, 3.63) is 188 Å². The molecule has 266 valence electrons. The van der Waals surface area contributed by atoms with E-state index in [0.717, 1.165) is 82.8 Å². The van der Waals surface area contributed by atoms with Crippen LogP contribution in [0.4, 0.5) is 0 Å². The van der Waals surface area contributed by atoms with Crippen molar-refractivity contribution in [3.8, 4) is 45.5 Å². The number of nitrogens with zero attached hydrogens (tertiary/aromatic N) is 5. The van der Waals surface area contributed by atoms with Crippen LogP contribution in [0.15, 0.2) is 192 Å². The van der Waals surface area contributed by atoms with Gasteiger partial charge in [0.05, 0.1) is 27.5 Å². The Bertz CT molecular complexity index is 3430. The molecule has 6 nitrogen and oxygen atoms in total. The average Bonchev–Trinajstić information content (AvgIpc) is 3.95. The van der Waals surface area contributed by atoms with Gasteiger partial charge in [-0.25, -0.2) is 15.0 Å². The van der Waals surface area contributed by atoms with Crippen LogP contribution in [0.2, 0.25) is 0 Å². The Kier molecular flexibility index (Phi) is 6.83. The smallest absolute Gasteiger partial charge is 0.164 e. The van der Waals surface area contributed by atoms with Crippen molar-refractivity contribution in [1.82, 2.24) is 24.1 Å². The first-order chi connectivity index (χ1) is 28.3. The van der Waals surface area contributed by atoms with Crippen LogP contribution in [0.5, 0.6) is 0 Å². The monoisotopic (exact) mass is 729 g/mol. The van der Waals surface area contributed by atoms with Crippen LogP contribution >= 0.6 is 0 Å². The molecule has 0 unspecified atom stereocenters. The van der Waals surface area contributed by atoms with Gasteiger partial charge in [0.1, 0.15) is 11.2 Å². The van der Waals surface area contributed by atoms with E-state index in [-0.39, 0.29) is 0 Å². The third kappa shape index (κ3) is 4.81. The molecule has 0 atom stereocenters. The summed E-state index contributed by atoms with van der Waals surface area (Å²) in [6, 6.07) is 65.5. The van der Waals surface area contributed by atoms with Crippen molar-refractivity contribution in [2.45, 2.75) is 0 Å². The first kappa shape index (κ1) is 31.5. The maximum absolute atomic E-state index is 6.74. The maximum Gasteiger partial charge on any atom is 0.164 e. The summed E-state index contributed by atoms with van der Waals surface area (Å²) in [6.07, 6.45) is 0. The zero-order chi connectivity index (χ0) is 37.5. The first-order valence-electron chi connectivity index (χ1n) is 19.1. The highest BCUT2D eigenvalue weighted by atomic mass is 16.3. The number of para-hydroxylation sites is 3. The number of fused-ring (bicyclic) bond motifs is 11. The summed E-state index contributed by atoms with van der Waals surface area (Å²) in [5, 5.41) is 6.83. The van der Waals surface area contributed by atoms with Gasteiger partial charge in [0.2, 0.25) is 0 Å². The second kappa shape index (κ2) is 12.3. The Balaban J connectivity index is 1.15. The second-order valence-corrected chi connectivity index (χ2v) is 14.4. The van der Waals surface area contributed by atoms with Gasteiger partial charge in [0.15, 0.2) is 17.5 Å². The molecule has 0 amide bonds. The molecular weight excluding hydrogens is 699 g/mol. The number of rotatable bonds is 5. The Morgan fingerprint density at radius 1 is 0.333 bits per heavy atom. The zero-order valence-electron chi connectivity index (χ0n) is 30.5. The molecule has 4 heterocycles. The van der Waals surface area contributed by atoms with Crippen LogP contribution in [0.25, 0.3) is 111 Å². The number of hydrogen-bond acceptors (Lipinski definition) is 4. The van der Waals surface area contributed by atoms with Crippen LogP contribution in [0, 0.1) is 0 Å². The van der Waals surface area contributed by atoms with Crippen molar-refractivity contribution >= 4 is 65.6 Å². The van der Waals surface area contributed by atoms with Crippen LogP contribution in [0.3, 0.4) is 0 Å². The molecule has 0 fully saturated rings. The van der Waals surface area contributed by atoms with Crippen molar-refractivity contribution < 1.29 is 4.42 Å². The van der Waals surface area contributed by atoms with E-state index in [1.807, 2.05) is 66.7 Å². The molecule has 8 aromatic carbocycles. The highest BCUT2D eigenvalue weighted by Crippen LogP contribution is 2.45. The lowest BCUT2D eigenvalue weighted by Gasteiger charge is -2.13. The molecule has 0 radical (unpaired) electrons.